The highest BCUT2D eigenvalue weighted by Crippen LogP contribution is 2.36. The van der Waals surface area contributed by atoms with Crippen molar-refractivity contribution in [3.63, 3.8) is 0 Å². The first-order chi connectivity index (χ1) is 10.2. The Morgan fingerprint density at radius 2 is 1.90 bits per heavy atom. The van der Waals surface area contributed by atoms with Crippen LogP contribution in [0.25, 0.3) is 10.8 Å². The molecule has 1 heterocycles. The summed E-state index contributed by atoms with van der Waals surface area (Å²) in [4.78, 5) is 19.2. The van der Waals surface area contributed by atoms with E-state index in [1.165, 1.54) is 12.8 Å². The van der Waals surface area contributed by atoms with E-state index in [4.69, 9.17) is 11.6 Å². The van der Waals surface area contributed by atoms with E-state index in [1.54, 1.807) is 6.20 Å². The van der Waals surface area contributed by atoms with Crippen LogP contribution in [-0.4, -0.2) is 28.4 Å². The minimum absolute atomic E-state index is 0.116. The summed E-state index contributed by atoms with van der Waals surface area (Å²) in [5, 5.41) is 2.22. The second-order valence-electron chi connectivity index (χ2n) is 6.14. The van der Waals surface area contributed by atoms with Crippen molar-refractivity contribution in [1.29, 1.82) is 0 Å². The molecule has 0 radical (unpaired) electrons. The average Bonchev–Trinajstić information content (AvgIpc) is 3.38. The largest absolute Gasteiger partial charge is 0.335 e. The Morgan fingerprint density at radius 3 is 2.57 bits per heavy atom. The zero-order valence-electron chi connectivity index (χ0n) is 11.8. The maximum absolute atomic E-state index is 13.0. The first-order valence-electron chi connectivity index (χ1n) is 7.58. The maximum atomic E-state index is 13.0. The Kier molecular flexibility index (Phi) is 3.11. The van der Waals surface area contributed by atoms with Crippen LogP contribution >= 0.6 is 11.6 Å². The van der Waals surface area contributed by atoms with Gasteiger partial charge in [-0.1, -0.05) is 35.9 Å². The third-order valence-corrected chi connectivity index (χ3v) is 4.68. The minimum atomic E-state index is 0.116. The summed E-state index contributed by atoms with van der Waals surface area (Å²) < 4.78 is 0. The van der Waals surface area contributed by atoms with Crippen molar-refractivity contribution in [2.45, 2.75) is 31.7 Å². The van der Waals surface area contributed by atoms with Crippen LogP contribution in [0.2, 0.25) is 5.15 Å². The van der Waals surface area contributed by atoms with Gasteiger partial charge >= 0.3 is 0 Å². The molecule has 1 aromatic heterocycles. The van der Waals surface area contributed by atoms with Gasteiger partial charge in [0.15, 0.2) is 0 Å². The molecule has 0 unspecified atom stereocenters. The van der Waals surface area contributed by atoms with Crippen molar-refractivity contribution in [1.82, 2.24) is 9.88 Å². The number of hydrogen-bond acceptors (Lipinski definition) is 2. The number of rotatable bonds is 4. The van der Waals surface area contributed by atoms with Crippen LogP contribution in [0.15, 0.2) is 30.5 Å². The van der Waals surface area contributed by atoms with E-state index < -0.39 is 0 Å². The number of nitrogens with zero attached hydrogens (tertiary/aromatic N) is 2. The standard InChI is InChI=1S/C17H17ClN2O/c18-16-14-4-2-1-3-13(14)15(9-19-16)17(21)20(12-7-8-12)10-11-5-6-11/h1-4,9,11-12H,5-8,10H2. The molecule has 0 atom stereocenters. The lowest BCUT2D eigenvalue weighted by molar-refractivity contribution is 0.0736. The number of benzene rings is 1. The molecule has 0 aliphatic heterocycles. The number of aromatic nitrogens is 1. The van der Waals surface area contributed by atoms with Crippen LogP contribution in [0, 0.1) is 5.92 Å². The summed E-state index contributed by atoms with van der Waals surface area (Å²) in [6.45, 7) is 0.903. The van der Waals surface area contributed by atoms with Gasteiger partial charge in [-0.05, 0) is 37.0 Å². The molecular formula is C17H17ClN2O. The summed E-state index contributed by atoms with van der Waals surface area (Å²) in [5.41, 5.74) is 0.683. The second-order valence-corrected chi connectivity index (χ2v) is 6.50. The van der Waals surface area contributed by atoms with Crippen molar-refractivity contribution in [3.8, 4) is 0 Å². The molecule has 0 N–H and O–H groups in total. The molecule has 21 heavy (non-hydrogen) atoms. The van der Waals surface area contributed by atoms with Gasteiger partial charge in [0.2, 0.25) is 0 Å². The van der Waals surface area contributed by atoms with Crippen molar-refractivity contribution in [3.05, 3.63) is 41.2 Å². The van der Waals surface area contributed by atoms with Crippen LogP contribution in [0.1, 0.15) is 36.0 Å². The molecule has 0 saturated heterocycles. The highest BCUT2D eigenvalue weighted by Gasteiger charge is 2.37. The molecule has 4 rings (SSSR count). The first kappa shape index (κ1) is 13.1. The van der Waals surface area contributed by atoms with E-state index in [0.717, 1.165) is 30.2 Å². The van der Waals surface area contributed by atoms with Crippen molar-refractivity contribution in [2.75, 3.05) is 6.54 Å². The van der Waals surface area contributed by atoms with Crippen LogP contribution < -0.4 is 0 Å². The Bertz CT molecular complexity index is 707. The molecule has 2 fully saturated rings. The van der Waals surface area contributed by atoms with Gasteiger partial charge in [0.05, 0.1) is 5.56 Å². The fourth-order valence-electron chi connectivity index (χ4n) is 2.85. The van der Waals surface area contributed by atoms with Crippen LogP contribution in [0.3, 0.4) is 0 Å². The Morgan fingerprint density at radius 1 is 1.19 bits per heavy atom. The molecule has 1 aromatic carbocycles. The van der Waals surface area contributed by atoms with Gasteiger partial charge in [-0.2, -0.15) is 0 Å². The molecule has 2 saturated carbocycles. The fraction of sp³-hybridized carbons (Fsp3) is 0.412. The fourth-order valence-corrected chi connectivity index (χ4v) is 3.06. The third-order valence-electron chi connectivity index (χ3n) is 4.38. The topological polar surface area (TPSA) is 33.2 Å². The molecule has 4 heteroatoms. The average molecular weight is 301 g/mol. The van der Waals surface area contributed by atoms with Gasteiger partial charge in [-0.25, -0.2) is 4.98 Å². The van der Waals surface area contributed by atoms with E-state index in [-0.39, 0.29) is 5.91 Å². The lowest BCUT2D eigenvalue weighted by Gasteiger charge is -2.23. The van der Waals surface area contributed by atoms with Gasteiger partial charge < -0.3 is 4.90 Å². The molecular weight excluding hydrogens is 284 g/mol. The summed E-state index contributed by atoms with van der Waals surface area (Å²) in [5.74, 6) is 0.825. The lowest BCUT2D eigenvalue weighted by atomic mass is 10.1. The molecule has 2 aliphatic carbocycles. The maximum Gasteiger partial charge on any atom is 0.256 e. The number of amides is 1. The monoisotopic (exact) mass is 300 g/mol. The van der Waals surface area contributed by atoms with E-state index in [0.29, 0.717) is 22.7 Å². The third kappa shape index (κ3) is 2.51. The number of carbonyl (C=O) groups excluding carboxylic acids is 1. The SMILES string of the molecule is O=C(c1cnc(Cl)c2ccccc12)N(CC1CC1)C1CC1. The number of hydrogen-bond donors (Lipinski definition) is 0. The molecule has 1 amide bonds. The molecule has 2 aromatic rings. The van der Waals surface area contributed by atoms with Gasteiger partial charge in [-0.3, -0.25) is 4.79 Å². The van der Waals surface area contributed by atoms with E-state index in [1.807, 2.05) is 24.3 Å². The molecule has 3 nitrogen and oxygen atoms in total. The quantitative estimate of drug-likeness (QED) is 0.802. The van der Waals surface area contributed by atoms with Crippen LogP contribution in [0.4, 0.5) is 0 Å². The first-order valence-corrected chi connectivity index (χ1v) is 7.96. The minimum Gasteiger partial charge on any atom is -0.335 e. The molecule has 0 spiro atoms. The van der Waals surface area contributed by atoms with Crippen LogP contribution in [0.5, 0.6) is 0 Å². The predicted octanol–water partition coefficient (Wildman–Crippen LogP) is 3.90. The lowest BCUT2D eigenvalue weighted by Crippen LogP contribution is -2.35. The Labute approximate surface area is 128 Å². The van der Waals surface area contributed by atoms with E-state index in [2.05, 4.69) is 9.88 Å². The Balaban J connectivity index is 1.74. The summed E-state index contributed by atoms with van der Waals surface area (Å²) in [6.07, 6.45) is 6.43. The van der Waals surface area contributed by atoms with Crippen molar-refractivity contribution in [2.24, 2.45) is 5.92 Å². The molecule has 2 aliphatic rings. The molecule has 0 bridgehead atoms. The zero-order chi connectivity index (χ0) is 14.4. The van der Waals surface area contributed by atoms with Gasteiger partial charge in [0, 0.05) is 24.2 Å². The summed E-state index contributed by atoms with van der Waals surface area (Å²) in [7, 11) is 0. The summed E-state index contributed by atoms with van der Waals surface area (Å²) in [6, 6.07) is 8.18. The normalized spacial score (nSPS) is 18.0. The van der Waals surface area contributed by atoms with Crippen molar-refractivity contribution >= 4 is 28.3 Å². The van der Waals surface area contributed by atoms with Gasteiger partial charge in [0.25, 0.3) is 5.91 Å². The van der Waals surface area contributed by atoms with Crippen molar-refractivity contribution < 1.29 is 4.79 Å². The van der Waals surface area contributed by atoms with Gasteiger partial charge in [-0.15, -0.1) is 0 Å². The Hall–Kier alpha value is -1.61. The predicted molar refractivity (Wildman–Crippen MR) is 83.5 cm³/mol. The smallest absolute Gasteiger partial charge is 0.256 e. The highest BCUT2D eigenvalue weighted by atomic mass is 35.5. The second kappa shape index (κ2) is 4.99. The number of pyridine rings is 1. The number of halogens is 1. The number of carbonyl (C=O) groups is 1. The zero-order valence-corrected chi connectivity index (χ0v) is 12.5. The molecule has 108 valence electrons. The van der Waals surface area contributed by atoms with E-state index >= 15 is 0 Å². The highest BCUT2D eigenvalue weighted by molar-refractivity contribution is 6.34. The number of fused-ring (bicyclic) bond motifs is 1. The van der Waals surface area contributed by atoms with E-state index in [9.17, 15) is 4.79 Å². The summed E-state index contributed by atoms with van der Waals surface area (Å²) >= 11 is 6.15. The van der Waals surface area contributed by atoms with Crippen LogP contribution in [-0.2, 0) is 0 Å². The van der Waals surface area contributed by atoms with Gasteiger partial charge in [0.1, 0.15) is 5.15 Å².